The second kappa shape index (κ2) is 4.52. The van der Waals surface area contributed by atoms with Gasteiger partial charge in [-0.3, -0.25) is 4.79 Å². The molecule has 3 aromatic rings. The summed E-state index contributed by atoms with van der Waals surface area (Å²) in [5.74, 6) is -0.334. The molecular formula is C11H8ClN5OS. The molecule has 96 valence electrons. The molecule has 2 heterocycles. The van der Waals surface area contributed by atoms with Crippen LogP contribution in [-0.2, 0) is 0 Å². The smallest absolute Gasteiger partial charge is 0.272 e. The summed E-state index contributed by atoms with van der Waals surface area (Å²) in [5.41, 5.74) is 8.12. The van der Waals surface area contributed by atoms with Gasteiger partial charge in [0.25, 0.3) is 5.91 Å². The minimum Gasteiger partial charge on any atom is -0.397 e. The van der Waals surface area contributed by atoms with Crippen molar-refractivity contribution >= 4 is 51.6 Å². The Morgan fingerprint density at radius 2 is 2.26 bits per heavy atom. The number of H-pyrrole nitrogens is 1. The van der Waals surface area contributed by atoms with Crippen LogP contribution in [0.15, 0.2) is 24.4 Å². The Bertz CT molecular complexity index is 765. The van der Waals surface area contributed by atoms with E-state index in [0.717, 1.165) is 11.7 Å². The van der Waals surface area contributed by atoms with Gasteiger partial charge in [0.15, 0.2) is 0 Å². The number of nitrogens with zero attached hydrogens (tertiary/aromatic N) is 2. The highest BCUT2D eigenvalue weighted by atomic mass is 35.5. The monoisotopic (exact) mass is 293 g/mol. The lowest BCUT2D eigenvalue weighted by atomic mass is 10.2. The van der Waals surface area contributed by atoms with E-state index in [1.165, 1.54) is 0 Å². The van der Waals surface area contributed by atoms with E-state index in [2.05, 4.69) is 19.0 Å². The number of carbonyl (C=O) groups excluding carboxylic acids is 1. The maximum Gasteiger partial charge on any atom is 0.272 e. The summed E-state index contributed by atoms with van der Waals surface area (Å²) in [5, 5.41) is 3.13. The van der Waals surface area contributed by atoms with Crippen LogP contribution in [0.5, 0.6) is 0 Å². The number of carbonyl (C=O) groups is 1. The number of amides is 1. The number of fused-ring (bicyclic) bond motifs is 1. The Hall–Kier alpha value is -2.12. The van der Waals surface area contributed by atoms with E-state index < -0.39 is 0 Å². The molecule has 0 saturated carbocycles. The second-order valence-electron chi connectivity index (χ2n) is 3.86. The fourth-order valence-corrected chi connectivity index (χ4v) is 2.41. The molecule has 0 bridgehead atoms. The molecule has 8 heteroatoms. The average molecular weight is 294 g/mol. The summed E-state index contributed by atoms with van der Waals surface area (Å²) in [7, 11) is 0. The zero-order valence-corrected chi connectivity index (χ0v) is 11.0. The lowest BCUT2D eigenvalue weighted by Crippen LogP contribution is -2.13. The van der Waals surface area contributed by atoms with Crippen molar-refractivity contribution in [2.75, 3.05) is 11.1 Å². The number of nitrogen functional groups attached to an aromatic ring is 1. The Balaban J connectivity index is 1.99. The van der Waals surface area contributed by atoms with E-state index in [9.17, 15) is 4.79 Å². The number of anilines is 2. The normalized spacial score (nSPS) is 10.8. The number of aromatic amines is 1. The van der Waals surface area contributed by atoms with Crippen molar-refractivity contribution in [3.63, 3.8) is 0 Å². The molecule has 4 N–H and O–H groups in total. The van der Waals surface area contributed by atoms with Crippen LogP contribution >= 0.6 is 23.3 Å². The topological polar surface area (TPSA) is 96.7 Å². The third-order valence-electron chi connectivity index (χ3n) is 2.57. The van der Waals surface area contributed by atoms with Crippen LogP contribution in [0.25, 0.3) is 11.0 Å². The van der Waals surface area contributed by atoms with Crippen LogP contribution in [0.2, 0.25) is 5.02 Å². The molecule has 0 fully saturated rings. The Kier molecular flexibility index (Phi) is 2.84. The Morgan fingerprint density at radius 3 is 3.00 bits per heavy atom. The molecule has 0 atom stereocenters. The summed E-state index contributed by atoms with van der Waals surface area (Å²) >= 11 is 7.15. The second-order valence-corrected chi connectivity index (χ2v) is 4.79. The van der Waals surface area contributed by atoms with E-state index in [0.29, 0.717) is 33.1 Å². The zero-order valence-electron chi connectivity index (χ0n) is 9.48. The zero-order chi connectivity index (χ0) is 13.4. The number of halogens is 1. The van der Waals surface area contributed by atoms with E-state index >= 15 is 0 Å². The number of benzene rings is 1. The van der Waals surface area contributed by atoms with Gasteiger partial charge < -0.3 is 16.0 Å². The first-order valence-electron chi connectivity index (χ1n) is 5.31. The molecule has 6 nitrogen and oxygen atoms in total. The number of hydrogen-bond acceptors (Lipinski definition) is 5. The van der Waals surface area contributed by atoms with Gasteiger partial charge in [-0.15, -0.1) is 0 Å². The minimum absolute atomic E-state index is 0.334. The van der Waals surface area contributed by atoms with Gasteiger partial charge in [0.05, 0.1) is 22.4 Å². The van der Waals surface area contributed by atoms with Crippen molar-refractivity contribution < 1.29 is 4.79 Å². The number of aromatic nitrogens is 3. The van der Waals surface area contributed by atoms with Crippen molar-refractivity contribution in [1.82, 2.24) is 13.7 Å². The SMILES string of the molecule is Nc1c[nH]c(C(=O)Nc2c(Cl)ccc3nsnc23)c1. The minimum atomic E-state index is -0.334. The summed E-state index contributed by atoms with van der Waals surface area (Å²) < 4.78 is 8.23. The maximum atomic E-state index is 12.0. The van der Waals surface area contributed by atoms with Gasteiger partial charge in [-0.1, -0.05) is 11.6 Å². The predicted octanol–water partition coefficient (Wildman–Crippen LogP) is 2.51. The molecule has 0 aliphatic carbocycles. The van der Waals surface area contributed by atoms with Gasteiger partial charge in [-0.25, -0.2) is 0 Å². The molecule has 0 aliphatic rings. The summed E-state index contributed by atoms with van der Waals surface area (Å²) in [4.78, 5) is 14.8. The molecule has 0 saturated heterocycles. The highest BCUT2D eigenvalue weighted by Crippen LogP contribution is 2.30. The highest BCUT2D eigenvalue weighted by molar-refractivity contribution is 7.00. The first kappa shape index (κ1) is 11.9. The van der Waals surface area contributed by atoms with Crippen LogP contribution in [-0.4, -0.2) is 19.6 Å². The fourth-order valence-electron chi connectivity index (χ4n) is 1.67. The highest BCUT2D eigenvalue weighted by Gasteiger charge is 2.14. The Morgan fingerprint density at radius 1 is 1.42 bits per heavy atom. The Labute approximate surface area is 116 Å². The van der Waals surface area contributed by atoms with Gasteiger partial charge in [0.1, 0.15) is 16.7 Å². The average Bonchev–Trinajstić information content (AvgIpc) is 3.01. The third-order valence-corrected chi connectivity index (χ3v) is 3.42. The number of rotatable bonds is 2. The van der Waals surface area contributed by atoms with Crippen LogP contribution < -0.4 is 11.1 Å². The maximum absolute atomic E-state index is 12.0. The van der Waals surface area contributed by atoms with E-state index in [-0.39, 0.29) is 5.91 Å². The van der Waals surface area contributed by atoms with Crippen molar-refractivity contribution in [3.8, 4) is 0 Å². The first-order valence-corrected chi connectivity index (χ1v) is 6.42. The summed E-state index contributed by atoms with van der Waals surface area (Å²) in [6.45, 7) is 0. The van der Waals surface area contributed by atoms with Crippen LogP contribution in [0.4, 0.5) is 11.4 Å². The summed E-state index contributed by atoms with van der Waals surface area (Å²) in [6.07, 6.45) is 1.54. The summed E-state index contributed by atoms with van der Waals surface area (Å²) in [6, 6.07) is 4.97. The fraction of sp³-hybridized carbons (Fsp3) is 0. The van der Waals surface area contributed by atoms with Crippen LogP contribution in [0.1, 0.15) is 10.5 Å². The molecule has 0 unspecified atom stereocenters. The number of nitrogens with two attached hydrogens (primary N) is 1. The van der Waals surface area contributed by atoms with Crippen molar-refractivity contribution in [3.05, 3.63) is 35.1 Å². The van der Waals surface area contributed by atoms with Gasteiger partial charge in [0, 0.05) is 11.9 Å². The quantitative estimate of drug-likeness (QED) is 0.676. The molecule has 0 spiro atoms. The molecule has 1 aromatic carbocycles. The molecule has 2 aromatic heterocycles. The van der Waals surface area contributed by atoms with E-state index in [4.69, 9.17) is 17.3 Å². The van der Waals surface area contributed by atoms with Crippen molar-refractivity contribution in [2.24, 2.45) is 0 Å². The first-order chi connectivity index (χ1) is 9.15. The lowest BCUT2D eigenvalue weighted by molar-refractivity contribution is 0.102. The lowest BCUT2D eigenvalue weighted by Gasteiger charge is -2.06. The molecular weight excluding hydrogens is 286 g/mol. The van der Waals surface area contributed by atoms with Gasteiger partial charge >= 0.3 is 0 Å². The van der Waals surface area contributed by atoms with Crippen molar-refractivity contribution in [1.29, 1.82) is 0 Å². The van der Waals surface area contributed by atoms with Gasteiger partial charge in [0.2, 0.25) is 0 Å². The van der Waals surface area contributed by atoms with Crippen molar-refractivity contribution in [2.45, 2.75) is 0 Å². The number of nitrogens with one attached hydrogen (secondary N) is 2. The molecule has 0 aliphatic heterocycles. The predicted molar refractivity (Wildman–Crippen MR) is 75.6 cm³/mol. The van der Waals surface area contributed by atoms with Gasteiger partial charge in [-0.05, 0) is 18.2 Å². The standard InChI is InChI=1S/C11H8ClN5OS/c12-6-1-2-7-10(17-19-16-7)9(6)15-11(18)8-3-5(13)4-14-8/h1-4,14H,13H2,(H,15,18). The number of hydrogen-bond donors (Lipinski definition) is 3. The van der Waals surface area contributed by atoms with E-state index in [1.54, 1.807) is 24.4 Å². The molecule has 0 radical (unpaired) electrons. The largest absolute Gasteiger partial charge is 0.397 e. The van der Waals surface area contributed by atoms with E-state index in [1.807, 2.05) is 0 Å². The van der Waals surface area contributed by atoms with Gasteiger partial charge in [-0.2, -0.15) is 8.75 Å². The third kappa shape index (κ3) is 2.13. The molecule has 19 heavy (non-hydrogen) atoms. The molecule has 3 rings (SSSR count). The van der Waals surface area contributed by atoms with Crippen LogP contribution in [0, 0.1) is 0 Å². The van der Waals surface area contributed by atoms with Crippen LogP contribution in [0.3, 0.4) is 0 Å². The molecule has 1 amide bonds.